The van der Waals surface area contributed by atoms with Crippen LogP contribution in [0.5, 0.6) is 0 Å². The molecule has 2 nitrogen and oxygen atoms in total. The second kappa shape index (κ2) is 4.43. The molecule has 1 fully saturated rings. The van der Waals surface area contributed by atoms with E-state index in [0.29, 0.717) is 0 Å². The lowest BCUT2D eigenvalue weighted by Crippen LogP contribution is -2.45. The number of rotatable bonds is 2. The van der Waals surface area contributed by atoms with Gasteiger partial charge in [0.25, 0.3) is 0 Å². The van der Waals surface area contributed by atoms with Gasteiger partial charge in [-0.2, -0.15) is 0 Å². The van der Waals surface area contributed by atoms with Crippen molar-refractivity contribution in [2.45, 2.75) is 64.0 Å². The van der Waals surface area contributed by atoms with E-state index < -0.39 is 5.60 Å². The van der Waals surface area contributed by atoms with Gasteiger partial charge in [0, 0.05) is 6.04 Å². The Labute approximate surface area is 81.5 Å². The molecule has 3 N–H and O–H groups in total. The van der Waals surface area contributed by atoms with Gasteiger partial charge in [0.15, 0.2) is 0 Å². The summed E-state index contributed by atoms with van der Waals surface area (Å²) in [6.07, 6.45) is 6.58. The quantitative estimate of drug-likeness (QED) is 0.647. The largest absolute Gasteiger partial charge is 0.388 e. The van der Waals surface area contributed by atoms with Crippen molar-refractivity contribution in [3.05, 3.63) is 0 Å². The van der Waals surface area contributed by atoms with E-state index in [9.17, 15) is 5.11 Å². The molecule has 0 amide bonds. The fourth-order valence-electron chi connectivity index (χ4n) is 2.28. The molecule has 2 heteroatoms. The van der Waals surface area contributed by atoms with E-state index in [1.165, 1.54) is 12.8 Å². The summed E-state index contributed by atoms with van der Waals surface area (Å²) < 4.78 is 0. The summed E-state index contributed by atoms with van der Waals surface area (Å²) in [5.74, 6) is 0.813. The molecular formula is C11H23NO. The maximum atomic E-state index is 10.2. The van der Waals surface area contributed by atoms with Gasteiger partial charge in [-0.15, -0.1) is 0 Å². The Kier molecular flexibility index (Phi) is 3.74. The van der Waals surface area contributed by atoms with E-state index in [4.69, 9.17) is 5.73 Å². The molecule has 0 aliphatic heterocycles. The Morgan fingerprint density at radius 3 is 2.69 bits per heavy atom. The minimum atomic E-state index is -0.579. The van der Waals surface area contributed by atoms with E-state index in [1.807, 2.05) is 6.92 Å². The highest BCUT2D eigenvalue weighted by atomic mass is 16.3. The zero-order valence-electron chi connectivity index (χ0n) is 8.92. The monoisotopic (exact) mass is 185 g/mol. The van der Waals surface area contributed by atoms with E-state index in [1.54, 1.807) is 0 Å². The average Bonchev–Trinajstić information content (AvgIpc) is 2.28. The first-order chi connectivity index (χ1) is 6.08. The molecule has 1 aliphatic rings. The molecule has 0 spiro atoms. The zero-order valence-corrected chi connectivity index (χ0v) is 8.92. The number of hydrogen-bond acceptors (Lipinski definition) is 2. The summed E-state index contributed by atoms with van der Waals surface area (Å²) in [5.41, 5.74) is 5.23. The first kappa shape index (κ1) is 11.0. The van der Waals surface area contributed by atoms with Crippen molar-refractivity contribution in [2.24, 2.45) is 11.7 Å². The van der Waals surface area contributed by atoms with Gasteiger partial charge in [-0.25, -0.2) is 0 Å². The highest BCUT2D eigenvalue weighted by molar-refractivity contribution is 4.89. The van der Waals surface area contributed by atoms with Crippen molar-refractivity contribution in [1.29, 1.82) is 0 Å². The Morgan fingerprint density at radius 1 is 1.46 bits per heavy atom. The highest BCUT2D eigenvalue weighted by Crippen LogP contribution is 2.33. The zero-order chi connectivity index (χ0) is 9.90. The second-order valence-corrected chi connectivity index (χ2v) is 4.60. The smallest absolute Gasteiger partial charge is 0.0795 e. The Hall–Kier alpha value is -0.0800. The van der Waals surface area contributed by atoms with Crippen molar-refractivity contribution in [3.8, 4) is 0 Å². The van der Waals surface area contributed by atoms with Crippen LogP contribution in [0.1, 0.15) is 52.4 Å². The topological polar surface area (TPSA) is 46.2 Å². The van der Waals surface area contributed by atoms with Gasteiger partial charge in [-0.1, -0.05) is 26.2 Å². The average molecular weight is 185 g/mol. The fourth-order valence-corrected chi connectivity index (χ4v) is 2.28. The third kappa shape index (κ3) is 2.68. The molecule has 1 saturated carbocycles. The highest BCUT2D eigenvalue weighted by Gasteiger charge is 2.33. The van der Waals surface area contributed by atoms with Crippen molar-refractivity contribution in [1.82, 2.24) is 0 Å². The molecule has 78 valence electrons. The molecule has 13 heavy (non-hydrogen) atoms. The van der Waals surface area contributed by atoms with Crippen LogP contribution in [0.3, 0.4) is 0 Å². The van der Waals surface area contributed by atoms with Crippen molar-refractivity contribution in [3.63, 3.8) is 0 Å². The van der Waals surface area contributed by atoms with E-state index >= 15 is 0 Å². The Balaban J connectivity index is 2.52. The SMILES string of the molecule is CCC1CCCC(O)(C(C)N)CC1. The van der Waals surface area contributed by atoms with Gasteiger partial charge in [0.2, 0.25) is 0 Å². The molecule has 0 radical (unpaired) electrons. The number of aliphatic hydroxyl groups is 1. The maximum Gasteiger partial charge on any atom is 0.0795 e. The van der Waals surface area contributed by atoms with Crippen molar-refractivity contribution < 1.29 is 5.11 Å². The third-order valence-electron chi connectivity index (χ3n) is 3.63. The number of hydrogen-bond donors (Lipinski definition) is 2. The molecule has 0 aromatic carbocycles. The third-order valence-corrected chi connectivity index (χ3v) is 3.63. The van der Waals surface area contributed by atoms with Gasteiger partial charge in [-0.3, -0.25) is 0 Å². The lowest BCUT2D eigenvalue weighted by molar-refractivity contribution is 0.00398. The summed E-state index contributed by atoms with van der Waals surface area (Å²) in [4.78, 5) is 0. The van der Waals surface area contributed by atoms with Crippen LogP contribution in [0.2, 0.25) is 0 Å². The standard InChI is InChI=1S/C11H23NO/c1-3-10-5-4-7-11(13,8-6-10)9(2)12/h9-10,13H,3-8,12H2,1-2H3. The minimum Gasteiger partial charge on any atom is -0.388 e. The summed E-state index contributed by atoms with van der Waals surface area (Å²) in [6, 6.07) is -0.0805. The molecule has 1 rings (SSSR count). The first-order valence-electron chi connectivity index (χ1n) is 5.56. The van der Waals surface area contributed by atoms with Crippen LogP contribution in [0, 0.1) is 5.92 Å². The van der Waals surface area contributed by atoms with Crippen molar-refractivity contribution in [2.75, 3.05) is 0 Å². The van der Waals surface area contributed by atoms with Crippen LogP contribution in [-0.4, -0.2) is 16.7 Å². The summed E-state index contributed by atoms with van der Waals surface area (Å²) >= 11 is 0. The number of nitrogens with two attached hydrogens (primary N) is 1. The van der Waals surface area contributed by atoms with Crippen LogP contribution < -0.4 is 5.73 Å². The van der Waals surface area contributed by atoms with Crippen LogP contribution in [0.25, 0.3) is 0 Å². The first-order valence-corrected chi connectivity index (χ1v) is 5.56. The van der Waals surface area contributed by atoms with E-state index in [-0.39, 0.29) is 6.04 Å². The lowest BCUT2D eigenvalue weighted by Gasteiger charge is -2.30. The molecule has 0 aromatic heterocycles. The molecule has 0 saturated heterocycles. The maximum absolute atomic E-state index is 10.2. The Bertz CT molecular complexity index is 158. The predicted octanol–water partition coefficient (Wildman–Crippen LogP) is 2.05. The predicted molar refractivity (Wildman–Crippen MR) is 55.5 cm³/mol. The second-order valence-electron chi connectivity index (χ2n) is 4.60. The van der Waals surface area contributed by atoms with Crippen LogP contribution in [0.4, 0.5) is 0 Å². The molecule has 3 atom stereocenters. The van der Waals surface area contributed by atoms with Gasteiger partial charge in [-0.05, 0) is 32.1 Å². The van der Waals surface area contributed by atoms with E-state index in [2.05, 4.69) is 6.92 Å². The normalized spacial score (nSPS) is 38.3. The van der Waals surface area contributed by atoms with Gasteiger partial charge in [0.1, 0.15) is 0 Å². The van der Waals surface area contributed by atoms with Crippen molar-refractivity contribution >= 4 is 0 Å². The van der Waals surface area contributed by atoms with E-state index in [0.717, 1.165) is 31.6 Å². The Morgan fingerprint density at radius 2 is 2.15 bits per heavy atom. The van der Waals surface area contributed by atoms with Gasteiger partial charge in [0.05, 0.1) is 5.60 Å². The van der Waals surface area contributed by atoms with Crippen LogP contribution in [0.15, 0.2) is 0 Å². The summed E-state index contributed by atoms with van der Waals surface area (Å²) in [7, 11) is 0. The van der Waals surface area contributed by atoms with Crippen LogP contribution in [-0.2, 0) is 0 Å². The van der Waals surface area contributed by atoms with Crippen LogP contribution >= 0.6 is 0 Å². The minimum absolute atomic E-state index is 0.0805. The lowest BCUT2D eigenvalue weighted by atomic mass is 9.87. The fraction of sp³-hybridized carbons (Fsp3) is 1.00. The summed E-state index contributed by atoms with van der Waals surface area (Å²) in [5, 5.41) is 10.2. The molecule has 0 heterocycles. The van der Waals surface area contributed by atoms with Gasteiger partial charge >= 0.3 is 0 Å². The molecule has 0 aromatic rings. The summed E-state index contributed by atoms with van der Waals surface area (Å²) in [6.45, 7) is 4.16. The molecule has 1 aliphatic carbocycles. The molecule has 3 unspecified atom stereocenters. The molecule has 0 bridgehead atoms. The molecular weight excluding hydrogens is 162 g/mol. The van der Waals surface area contributed by atoms with Gasteiger partial charge < -0.3 is 10.8 Å².